The van der Waals surface area contributed by atoms with Gasteiger partial charge in [0.1, 0.15) is 5.82 Å². The van der Waals surface area contributed by atoms with Crippen molar-refractivity contribution in [1.82, 2.24) is 10.2 Å². The maximum Gasteiger partial charge on any atom is 0.419 e. The lowest BCUT2D eigenvalue weighted by atomic mass is 10.1. The summed E-state index contributed by atoms with van der Waals surface area (Å²) >= 11 is 0. The zero-order valence-electron chi connectivity index (χ0n) is 10.8. The minimum atomic E-state index is -4.81. The third kappa shape index (κ3) is 2.92. The lowest BCUT2D eigenvalue weighted by Crippen LogP contribution is -2.51. The Kier molecular flexibility index (Phi) is 3.99. The molecule has 3 nitrogen and oxygen atoms in total. The Labute approximate surface area is 113 Å². The maximum absolute atomic E-state index is 13.9. The molecule has 0 aromatic heterocycles. The number of rotatable bonds is 1. The molecule has 1 aromatic rings. The summed E-state index contributed by atoms with van der Waals surface area (Å²) in [4.78, 5) is 13.5. The second-order valence-electron chi connectivity index (χ2n) is 4.77. The second kappa shape index (κ2) is 5.40. The third-order valence-electron chi connectivity index (χ3n) is 3.19. The van der Waals surface area contributed by atoms with Gasteiger partial charge in [-0.15, -0.1) is 0 Å². The summed E-state index contributed by atoms with van der Waals surface area (Å²) in [6.45, 7) is 3.07. The van der Waals surface area contributed by atoms with Crippen molar-refractivity contribution in [2.45, 2.75) is 19.1 Å². The number of nitrogens with zero attached hydrogens (tertiary/aromatic N) is 1. The van der Waals surface area contributed by atoms with Gasteiger partial charge in [0.25, 0.3) is 5.91 Å². The van der Waals surface area contributed by atoms with Crippen molar-refractivity contribution in [2.75, 3.05) is 19.6 Å². The van der Waals surface area contributed by atoms with Gasteiger partial charge in [0.2, 0.25) is 0 Å². The molecule has 1 amide bonds. The molecule has 0 spiro atoms. The number of carbonyl (C=O) groups excluding carboxylic acids is 1. The molecule has 1 atom stereocenters. The van der Waals surface area contributed by atoms with Crippen LogP contribution in [0.15, 0.2) is 18.2 Å². The van der Waals surface area contributed by atoms with E-state index >= 15 is 0 Å². The van der Waals surface area contributed by atoms with Crippen LogP contribution in [0.4, 0.5) is 17.6 Å². The predicted molar refractivity (Wildman–Crippen MR) is 64.8 cm³/mol. The molecule has 20 heavy (non-hydrogen) atoms. The number of benzene rings is 1. The van der Waals surface area contributed by atoms with Crippen molar-refractivity contribution in [3.63, 3.8) is 0 Å². The lowest BCUT2D eigenvalue weighted by molar-refractivity contribution is -0.140. The van der Waals surface area contributed by atoms with E-state index in [0.717, 1.165) is 12.1 Å². The van der Waals surface area contributed by atoms with Crippen molar-refractivity contribution >= 4 is 5.91 Å². The molecule has 0 radical (unpaired) electrons. The van der Waals surface area contributed by atoms with Gasteiger partial charge in [-0.3, -0.25) is 4.79 Å². The van der Waals surface area contributed by atoms with Crippen molar-refractivity contribution in [3.8, 4) is 0 Å². The van der Waals surface area contributed by atoms with E-state index < -0.39 is 29.0 Å². The minimum absolute atomic E-state index is 0.0292. The van der Waals surface area contributed by atoms with E-state index in [2.05, 4.69) is 5.32 Å². The van der Waals surface area contributed by atoms with E-state index in [-0.39, 0.29) is 6.04 Å². The average molecular weight is 290 g/mol. The predicted octanol–water partition coefficient (Wildman–Crippen LogP) is 2.28. The molecule has 2 rings (SSSR count). The molecule has 110 valence electrons. The summed E-state index contributed by atoms with van der Waals surface area (Å²) in [6, 6.07) is 2.79. The summed E-state index contributed by atoms with van der Waals surface area (Å²) in [5, 5.41) is 3.10. The number of alkyl halides is 3. The van der Waals surface area contributed by atoms with Crippen LogP contribution in [0.5, 0.6) is 0 Å². The summed E-state index contributed by atoms with van der Waals surface area (Å²) in [5.74, 6) is -2.21. The molecule has 1 aliphatic heterocycles. The van der Waals surface area contributed by atoms with Gasteiger partial charge < -0.3 is 10.2 Å². The molecule has 1 N–H and O–H groups in total. The molecule has 1 fully saturated rings. The van der Waals surface area contributed by atoms with Crippen LogP contribution in [0.2, 0.25) is 0 Å². The minimum Gasteiger partial charge on any atom is -0.336 e. The topological polar surface area (TPSA) is 32.3 Å². The van der Waals surface area contributed by atoms with E-state index in [0.29, 0.717) is 25.7 Å². The van der Waals surface area contributed by atoms with Gasteiger partial charge in [0.15, 0.2) is 0 Å². The first-order chi connectivity index (χ1) is 9.30. The number of amides is 1. The van der Waals surface area contributed by atoms with Crippen LogP contribution in [0.25, 0.3) is 0 Å². The van der Waals surface area contributed by atoms with Gasteiger partial charge in [-0.1, -0.05) is 6.07 Å². The molecule has 1 aromatic carbocycles. The molecule has 0 saturated carbocycles. The van der Waals surface area contributed by atoms with Crippen molar-refractivity contribution in [2.24, 2.45) is 0 Å². The fraction of sp³-hybridized carbons (Fsp3) is 0.462. The Morgan fingerprint density at radius 3 is 2.70 bits per heavy atom. The van der Waals surface area contributed by atoms with Gasteiger partial charge in [-0.05, 0) is 19.1 Å². The van der Waals surface area contributed by atoms with Gasteiger partial charge in [0.05, 0.1) is 11.1 Å². The summed E-state index contributed by atoms with van der Waals surface area (Å²) in [5.41, 5.74) is -1.94. The van der Waals surface area contributed by atoms with Crippen LogP contribution in [0, 0.1) is 5.82 Å². The van der Waals surface area contributed by atoms with Crippen LogP contribution in [0.3, 0.4) is 0 Å². The van der Waals surface area contributed by atoms with Crippen LogP contribution >= 0.6 is 0 Å². The van der Waals surface area contributed by atoms with Crippen LogP contribution < -0.4 is 5.32 Å². The number of carbonyl (C=O) groups is 1. The standard InChI is InChI=1S/C13H14F4N2O/c1-8-7-19(6-5-18-8)12(20)9-3-2-4-10(11(9)14)13(15,16)17/h2-4,8,18H,5-7H2,1H3/t8-/m0/s1. The van der Waals surface area contributed by atoms with Crippen molar-refractivity contribution in [3.05, 3.63) is 35.1 Å². The number of nitrogens with one attached hydrogen (secondary N) is 1. The SMILES string of the molecule is C[C@H]1CN(C(=O)c2cccc(C(F)(F)F)c2F)CCN1. The molecular formula is C13H14F4N2O. The Morgan fingerprint density at radius 1 is 1.40 bits per heavy atom. The molecule has 7 heteroatoms. The van der Waals surface area contributed by atoms with E-state index in [9.17, 15) is 22.4 Å². The highest BCUT2D eigenvalue weighted by molar-refractivity contribution is 5.94. The Hall–Kier alpha value is -1.63. The largest absolute Gasteiger partial charge is 0.419 e. The Morgan fingerprint density at radius 2 is 2.10 bits per heavy atom. The van der Waals surface area contributed by atoms with Crippen LogP contribution in [-0.2, 0) is 6.18 Å². The lowest BCUT2D eigenvalue weighted by Gasteiger charge is -2.32. The van der Waals surface area contributed by atoms with E-state index in [1.165, 1.54) is 4.90 Å². The smallest absolute Gasteiger partial charge is 0.336 e. The van der Waals surface area contributed by atoms with E-state index in [1.807, 2.05) is 6.92 Å². The molecule has 0 bridgehead atoms. The Bertz CT molecular complexity index is 516. The average Bonchev–Trinajstić information content (AvgIpc) is 2.37. The highest BCUT2D eigenvalue weighted by atomic mass is 19.4. The van der Waals surface area contributed by atoms with E-state index in [1.54, 1.807) is 0 Å². The Balaban J connectivity index is 2.31. The molecule has 1 aliphatic rings. The van der Waals surface area contributed by atoms with Crippen LogP contribution in [0.1, 0.15) is 22.8 Å². The zero-order valence-corrected chi connectivity index (χ0v) is 10.8. The van der Waals surface area contributed by atoms with Crippen molar-refractivity contribution < 1.29 is 22.4 Å². The first-order valence-corrected chi connectivity index (χ1v) is 6.19. The molecule has 0 aliphatic carbocycles. The van der Waals surface area contributed by atoms with Gasteiger partial charge >= 0.3 is 6.18 Å². The number of halogens is 4. The summed E-state index contributed by atoms with van der Waals surface area (Å²) < 4.78 is 51.8. The quantitative estimate of drug-likeness (QED) is 0.805. The normalized spacial score (nSPS) is 20.1. The molecule has 1 heterocycles. The number of hydrogen-bond donors (Lipinski definition) is 1. The van der Waals surface area contributed by atoms with E-state index in [4.69, 9.17) is 0 Å². The number of piperazine rings is 1. The fourth-order valence-corrected chi connectivity index (χ4v) is 2.20. The van der Waals surface area contributed by atoms with Crippen molar-refractivity contribution in [1.29, 1.82) is 0 Å². The highest BCUT2D eigenvalue weighted by Gasteiger charge is 2.36. The number of hydrogen-bond acceptors (Lipinski definition) is 2. The zero-order chi connectivity index (χ0) is 14.9. The van der Waals surface area contributed by atoms with Gasteiger partial charge in [-0.2, -0.15) is 13.2 Å². The highest BCUT2D eigenvalue weighted by Crippen LogP contribution is 2.32. The molecule has 1 saturated heterocycles. The summed E-state index contributed by atoms with van der Waals surface area (Å²) in [6.07, 6.45) is -4.81. The van der Waals surface area contributed by atoms with Gasteiger partial charge in [-0.25, -0.2) is 4.39 Å². The van der Waals surface area contributed by atoms with Crippen LogP contribution in [-0.4, -0.2) is 36.5 Å². The monoisotopic (exact) mass is 290 g/mol. The molecule has 0 unspecified atom stereocenters. The fourth-order valence-electron chi connectivity index (χ4n) is 2.20. The second-order valence-corrected chi connectivity index (χ2v) is 4.77. The maximum atomic E-state index is 13.9. The first kappa shape index (κ1) is 14.8. The summed E-state index contributed by atoms with van der Waals surface area (Å²) in [7, 11) is 0. The molecular weight excluding hydrogens is 276 g/mol. The first-order valence-electron chi connectivity index (χ1n) is 6.19. The van der Waals surface area contributed by atoms with Gasteiger partial charge in [0, 0.05) is 25.7 Å². The third-order valence-corrected chi connectivity index (χ3v) is 3.19.